The summed E-state index contributed by atoms with van der Waals surface area (Å²) in [5, 5.41) is 10.6. The number of rotatable bonds is 20. The Balaban J connectivity index is 0. The summed E-state index contributed by atoms with van der Waals surface area (Å²) in [6, 6.07) is 0. The first-order valence-corrected chi connectivity index (χ1v) is 14.9. The first-order chi connectivity index (χ1) is 19.2. The molecule has 1 atom stereocenters. The normalized spacial score (nSPS) is 10.9. The van der Waals surface area contributed by atoms with Gasteiger partial charge < -0.3 is 40.2 Å². The number of carbonyl (C=O) groups excluding carboxylic acids is 4. The number of alkyl carbamates (subject to hydrolysis) is 4. The molecule has 0 aliphatic carbocycles. The summed E-state index contributed by atoms with van der Waals surface area (Å²) in [5.41, 5.74) is 0. The molecule has 4 N–H and O–H groups in total. The fourth-order valence-electron chi connectivity index (χ4n) is 2.70. The van der Waals surface area contributed by atoms with Gasteiger partial charge in [-0.1, -0.05) is 67.2 Å². The van der Waals surface area contributed by atoms with Crippen molar-refractivity contribution in [3.63, 3.8) is 0 Å². The Labute approximate surface area is 241 Å². The number of ether oxygens (including phenoxy) is 4. The fraction of sp³-hybridized carbons (Fsp3) is 0.857. The molecular weight excluding hydrogens is 520 g/mol. The molecule has 0 saturated heterocycles. The van der Waals surface area contributed by atoms with E-state index in [4.69, 9.17) is 18.9 Å². The lowest BCUT2D eigenvalue weighted by Gasteiger charge is -2.16. The molecule has 0 aromatic carbocycles. The second kappa shape index (κ2) is 29.1. The lowest BCUT2D eigenvalue weighted by atomic mass is 10.2. The summed E-state index contributed by atoms with van der Waals surface area (Å²) in [7, 11) is 0. The Bertz CT molecular complexity index is 626. The van der Waals surface area contributed by atoms with Crippen molar-refractivity contribution in [2.24, 2.45) is 5.92 Å². The van der Waals surface area contributed by atoms with Gasteiger partial charge in [-0.3, -0.25) is 0 Å². The van der Waals surface area contributed by atoms with Gasteiger partial charge in [0.05, 0.1) is 13.2 Å². The van der Waals surface area contributed by atoms with Gasteiger partial charge in [-0.25, -0.2) is 19.2 Å². The number of hydrogen-bond donors (Lipinski definition) is 4. The Morgan fingerprint density at radius 2 is 0.850 bits per heavy atom. The van der Waals surface area contributed by atoms with Crippen molar-refractivity contribution in [3.05, 3.63) is 0 Å². The first kappa shape index (κ1) is 39.2. The van der Waals surface area contributed by atoms with Gasteiger partial charge in [0.15, 0.2) is 0 Å². The molecular formula is C28H56N4O8. The van der Waals surface area contributed by atoms with Crippen LogP contribution in [0.1, 0.15) is 99.3 Å². The maximum absolute atomic E-state index is 11.5. The summed E-state index contributed by atoms with van der Waals surface area (Å²) in [5.74, 6) is -0.0242. The van der Waals surface area contributed by atoms with Crippen LogP contribution in [-0.4, -0.2) is 76.5 Å². The van der Waals surface area contributed by atoms with E-state index in [1.54, 1.807) is 0 Å². The summed E-state index contributed by atoms with van der Waals surface area (Å²) in [6.45, 7) is 14.9. The third-order valence-corrected chi connectivity index (χ3v) is 5.33. The SMILES string of the molecule is CCCCNC(=O)OCC(C)COC(=O)NCCCC.CCCCNC(=O)OCC(CC)OC(=O)NCCCC. The highest BCUT2D eigenvalue weighted by Crippen LogP contribution is 2.01. The quantitative estimate of drug-likeness (QED) is 0.110. The average Bonchev–Trinajstić information content (AvgIpc) is 2.94. The van der Waals surface area contributed by atoms with Gasteiger partial charge in [0.2, 0.25) is 0 Å². The number of carbonyl (C=O) groups is 4. The van der Waals surface area contributed by atoms with Gasteiger partial charge in [-0.2, -0.15) is 0 Å². The molecule has 0 rings (SSSR count). The largest absolute Gasteiger partial charge is 0.449 e. The monoisotopic (exact) mass is 576 g/mol. The highest BCUT2D eigenvalue weighted by Gasteiger charge is 2.14. The second-order valence-electron chi connectivity index (χ2n) is 9.46. The van der Waals surface area contributed by atoms with E-state index in [0.717, 1.165) is 51.4 Å². The summed E-state index contributed by atoms with van der Waals surface area (Å²) in [4.78, 5) is 45.4. The van der Waals surface area contributed by atoms with Crippen molar-refractivity contribution in [1.82, 2.24) is 21.3 Å². The molecule has 40 heavy (non-hydrogen) atoms. The zero-order valence-electron chi connectivity index (χ0n) is 25.7. The van der Waals surface area contributed by atoms with Crippen LogP contribution in [0.4, 0.5) is 19.2 Å². The summed E-state index contributed by atoms with van der Waals surface area (Å²) < 4.78 is 20.2. The molecule has 0 aromatic heterocycles. The summed E-state index contributed by atoms with van der Waals surface area (Å²) >= 11 is 0. The van der Waals surface area contributed by atoms with Crippen LogP contribution < -0.4 is 21.3 Å². The van der Waals surface area contributed by atoms with E-state index in [2.05, 4.69) is 35.1 Å². The molecule has 4 amide bonds. The Hall–Kier alpha value is -2.92. The van der Waals surface area contributed by atoms with Gasteiger partial charge in [0, 0.05) is 32.1 Å². The molecule has 0 aromatic rings. The van der Waals surface area contributed by atoms with Gasteiger partial charge in [0.25, 0.3) is 0 Å². The molecule has 0 bridgehead atoms. The van der Waals surface area contributed by atoms with E-state index >= 15 is 0 Å². The van der Waals surface area contributed by atoms with Gasteiger partial charge in [0.1, 0.15) is 12.7 Å². The van der Waals surface area contributed by atoms with Crippen LogP contribution in [0, 0.1) is 5.92 Å². The molecule has 236 valence electrons. The highest BCUT2D eigenvalue weighted by atomic mass is 16.6. The van der Waals surface area contributed by atoms with Gasteiger partial charge in [-0.15, -0.1) is 0 Å². The van der Waals surface area contributed by atoms with E-state index in [1.807, 2.05) is 27.7 Å². The summed E-state index contributed by atoms with van der Waals surface area (Å²) in [6.07, 6.45) is 6.22. The van der Waals surface area contributed by atoms with E-state index in [0.29, 0.717) is 32.6 Å². The Morgan fingerprint density at radius 1 is 0.525 bits per heavy atom. The van der Waals surface area contributed by atoms with Crippen molar-refractivity contribution < 1.29 is 38.1 Å². The van der Waals surface area contributed by atoms with E-state index in [9.17, 15) is 19.2 Å². The van der Waals surface area contributed by atoms with Gasteiger partial charge >= 0.3 is 24.4 Å². The van der Waals surface area contributed by atoms with Crippen molar-refractivity contribution in [2.75, 3.05) is 46.0 Å². The highest BCUT2D eigenvalue weighted by molar-refractivity contribution is 5.68. The molecule has 0 spiro atoms. The van der Waals surface area contributed by atoms with Crippen LogP contribution in [0.3, 0.4) is 0 Å². The molecule has 0 saturated carbocycles. The smallest absolute Gasteiger partial charge is 0.407 e. The van der Waals surface area contributed by atoms with Crippen molar-refractivity contribution in [2.45, 2.75) is 105 Å². The Morgan fingerprint density at radius 3 is 1.18 bits per heavy atom. The van der Waals surface area contributed by atoms with Crippen molar-refractivity contribution >= 4 is 24.4 Å². The number of nitrogens with one attached hydrogen (secondary N) is 4. The van der Waals surface area contributed by atoms with Crippen LogP contribution in [-0.2, 0) is 18.9 Å². The lowest BCUT2D eigenvalue weighted by molar-refractivity contribution is 0.0425. The molecule has 12 nitrogen and oxygen atoms in total. The molecule has 0 aliphatic rings. The number of unbranched alkanes of at least 4 members (excludes halogenated alkanes) is 4. The van der Waals surface area contributed by atoms with E-state index in [1.165, 1.54) is 0 Å². The topological polar surface area (TPSA) is 153 Å². The maximum Gasteiger partial charge on any atom is 0.407 e. The number of amides is 4. The maximum atomic E-state index is 11.5. The van der Waals surface area contributed by atoms with Crippen LogP contribution >= 0.6 is 0 Å². The van der Waals surface area contributed by atoms with Crippen LogP contribution in [0.15, 0.2) is 0 Å². The zero-order chi connectivity index (χ0) is 30.4. The Kier molecular flexibility index (Phi) is 28.5. The number of hydrogen-bond acceptors (Lipinski definition) is 8. The van der Waals surface area contributed by atoms with E-state index < -0.39 is 30.5 Å². The van der Waals surface area contributed by atoms with Crippen molar-refractivity contribution in [1.29, 1.82) is 0 Å². The van der Waals surface area contributed by atoms with Crippen molar-refractivity contribution in [3.8, 4) is 0 Å². The molecule has 0 heterocycles. The van der Waals surface area contributed by atoms with Crippen LogP contribution in [0.5, 0.6) is 0 Å². The van der Waals surface area contributed by atoms with Crippen LogP contribution in [0.25, 0.3) is 0 Å². The molecule has 0 fully saturated rings. The lowest BCUT2D eigenvalue weighted by Crippen LogP contribution is -2.34. The third kappa shape index (κ3) is 28.1. The zero-order valence-corrected chi connectivity index (χ0v) is 25.7. The van der Waals surface area contributed by atoms with E-state index in [-0.39, 0.29) is 25.7 Å². The standard InChI is InChI=1S/2C14H28N2O4/c1-4-6-8-15-13(17)19-10-12(3)11-20-14(18)16-9-7-5-2;1-4-7-9-15-13(17)19-11-12(6-3)20-14(18)16-10-8-5-2/h2*12H,4-11H2,1-3H3,(H,15,17)(H,16,18). The first-order valence-electron chi connectivity index (χ1n) is 14.9. The van der Waals surface area contributed by atoms with Crippen LogP contribution in [0.2, 0.25) is 0 Å². The van der Waals surface area contributed by atoms with Gasteiger partial charge in [-0.05, 0) is 32.1 Å². The third-order valence-electron chi connectivity index (χ3n) is 5.33. The molecule has 0 radical (unpaired) electrons. The predicted molar refractivity (Wildman–Crippen MR) is 155 cm³/mol. The second-order valence-corrected chi connectivity index (χ2v) is 9.46. The minimum atomic E-state index is -0.466. The minimum absolute atomic E-state index is 0.0242. The molecule has 12 heteroatoms. The minimum Gasteiger partial charge on any atom is -0.449 e. The molecule has 1 unspecified atom stereocenters. The predicted octanol–water partition coefficient (Wildman–Crippen LogP) is 5.49. The fourth-order valence-corrected chi connectivity index (χ4v) is 2.70. The molecule has 0 aliphatic heterocycles. The average molecular weight is 577 g/mol.